The van der Waals surface area contributed by atoms with Crippen LogP contribution < -0.4 is 4.90 Å². The zero-order valence-electron chi connectivity index (χ0n) is 11.3. The molecular weight excluding hydrogens is 320 g/mol. The van der Waals surface area contributed by atoms with Crippen LogP contribution in [0.15, 0.2) is 40.9 Å². The third-order valence-corrected chi connectivity index (χ3v) is 3.83. The number of pyridine rings is 1. The van der Waals surface area contributed by atoms with Crippen molar-refractivity contribution in [3.05, 3.63) is 57.7 Å². The minimum atomic E-state index is -0.949. The molecule has 0 aliphatic heterocycles. The van der Waals surface area contributed by atoms with Crippen LogP contribution in [0.1, 0.15) is 21.6 Å². The van der Waals surface area contributed by atoms with Gasteiger partial charge in [0.1, 0.15) is 5.82 Å². The lowest BCUT2D eigenvalue weighted by molar-refractivity contribution is 0.0695. The van der Waals surface area contributed by atoms with Crippen LogP contribution in [-0.2, 0) is 6.54 Å². The first kappa shape index (κ1) is 14.5. The van der Waals surface area contributed by atoms with Gasteiger partial charge in [-0.25, -0.2) is 9.78 Å². The van der Waals surface area contributed by atoms with E-state index in [2.05, 4.69) is 20.9 Å². The van der Waals surface area contributed by atoms with Crippen molar-refractivity contribution >= 4 is 27.7 Å². The second-order valence-electron chi connectivity index (χ2n) is 4.56. The van der Waals surface area contributed by atoms with Crippen LogP contribution in [-0.4, -0.2) is 23.1 Å². The molecule has 0 saturated carbocycles. The van der Waals surface area contributed by atoms with E-state index in [4.69, 9.17) is 5.11 Å². The van der Waals surface area contributed by atoms with Crippen molar-refractivity contribution in [1.29, 1.82) is 0 Å². The van der Waals surface area contributed by atoms with E-state index in [-0.39, 0.29) is 5.56 Å². The van der Waals surface area contributed by atoms with E-state index in [1.54, 1.807) is 19.1 Å². The molecule has 0 amide bonds. The summed E-state index contributed by atoms with van der Waals surface area (Å²) in [4.78, 5) is 17.3. The highest BCUT2D eigenvalue weighted by Gasteiger charge is 2.11. The number of aromatic nitrogens is 1. The van der Waals surface area contributed by atoms with E-state index < -0.39 is 5.97 Å². The minimum absolute atomic E-state index is 0.239. The second-order valence-corrected chi connectivity index (χ2v) is 5.41. The molecule has 4 nitrogen and oxygen atoms in total. The van der Waals surface area contributed by atoms with E-state index in [9.17, 15) is 4.79 Å². The Morgan fingerprint density at radius 1 is 1.30 bits per heavy atom. The average Bonchev–Trinajstić information content (AvgIpc) is 2.40. The fourth-order valence-corrected chi connectivity index (χ4v) is 2.36. The standard InChI is InChI=1S/C15H15BrN2O2/c1-10-12(15(19)20)7-8-14(17-10)18(2)9-11-5-3-4-6-13(11)16/h3-8H,9H2,1-2H3,(H,19,20). The highest BCUT2D eigenvalue weighted by Crippen LogP contribution is 2.20. The van der Waals surface area contributed by atoms with Gasteiger partial charge in [-0.05, 0) is 30.7 Å². The molecule has 0 saturated heterocycles. The van der Waals surface area contributed by atoms with Crippen molar-refractivity contribution in [2.24, 2.45) is 0 Å². The number of halogens is 1. The number of hydrogen-bond acceptors (Lipinski definition) is 3. The Hall–Kier alpha value is -1.88. The molecule has 0 radical (unpaired) electrons. The van der Waals surface area contributed by atoms with Crippen molar-refractivity contribution in [2.75, 3.05) is 11.9 Å². The van der Waals surface area contributed by atoms with E-state index in [1.807, 2.05) is 36.2 Å². The molecule has 0 unspecified atom stereocenters. The smallest absolute Gasteiger partial charge is 0.337 e. The molecule has 2 aromatic rings. The largest absolute Gasteiger partial charge is 0.478 e. The van der Waals surface area contributed by atoms with Gasteiger partial charge in [-0.2, -0.15) is 0 Å². The SMILES string of the molecule is Cc1nc(N(C)Cc2ccccc2Br)ccc1C(=O)O. The molecule has 0 bridgehead atoms. The number of hydrogen-bond donors (Lipinski definition) is 1. The third-order valence-electron chi connectivity index (χ3n) is 3.06. The number of benzene rings is 1. The molecule has 5 heteroatoms. The van der Waals surface area contributed by atoms with Crippen LogP contribution in [0.2, 0.25) is 0 Å². The van der Waals surface area contributed by atoms with Gasteiger partial charge in [-0.3, -0.25) is 0 Å². The second kappa shape index (κ2) is 6.05. The van der Waals surface area contributed by atoms with E-state index in [0.717, 1.165) is 15.9 Å². The van der Waals surface area contributed by atoms with Crippen LogP contribution in [0, 0.1) is 6.92 Å². The number of anilines is 1. The Kier molecular flexibility index (Phi) is 4.39. The van der Waals surface area contributed by atoms with Gasteiger partial charge in [0.05, 0.1) is 11.3 Å². The molecule has 0 spiro atoms. The van der Waals surface area contributed by atoms with Gasteiger partial charge in [0.25, 0.3) is 0 Å². The summed E-state index contributed by atoms with van der Waals surface area (Å²) in [5.74, 6) is -0.196. The van der Waals surface area contributed by atoms with Crippen molar-refractivity contribution in [3.8, 4) is 0 Å². The maximum atomic E-state index is 11.0. The summed E-state index contributed by atoms with van der Waals surface area (Å²) in [5, 5.41) is 9.01. The molecule has 0 aliphatic rings. The summed E-state index contributed by atoms with van der Waals surface area (Å²) in [5.41, 5.74) is 1.91. The van der Waals surface area contributed by atoms with Crippen molar-refractivity contribution < 1.29 is 9.90 Å². The maximum Gasteiger partial charge on any atom is 0.337 e. The molecule has 0 atom stereocenters. The molecule has 1 heterocycles. The predicted octanol–water partition coefficient (Wildman–Crippen LogP) is 3.49. The number of aryl methyl sites for hydroxylation is 1. The molecule has 0 aliphatic carbocycles. The first-order valence-electron chi connectivity index (χ1n) is 6.14. The maximum absolute atomic E-state index is 11.0. The first-order chi connectivity index (χ1) is 9.49. The highest BCUT2D eigenvalue weighted by molar-refractivity contribution is 9.10. The number of rotatable bonds is 4. The minimum Gasteiger partial charge on any atom is -0.478 e. The van der Waals surface area contributed by atoms with Crippen LogP contribution >= 0.6 is 15.9 Å². The van der Waals surface area contributed by atoms with Crippen molar-refractivity contribution in [2.45, 2.75) is 13.5 Å². The number of carboxylic acid groups (broad SMARTS) is 1. The van der Waals surface area contributed by atoms with E-state index in [0.29, 0.717) is 12.2 Å². The van der Waals surface area contributed by atoms with Gasteiger partial charge in [-0.15, -0.1) is 0 Å². The molecule has 104 valence electrons. The molecule has 1 aromatic heterocycles. The summed E-state index contributed by atoms with van der Waals surface area (Å²) >= 11 is 3.52. The Morgan fingerprint density at radius 2 is 2.00 bits per heavy atom. The summed E-state index contributed by atoms with van der Waals surface area (Å²) in [6.45, 7) is 2.40. The third kappa shape index (κ3) is 3.17. The number of nitrogens with zero attached hydrogens (tertiary/aromatic N) is 2. The summed E-state index contributed by atoms with van der Waals surface area (Å²) in [7, 11) is 1.93. The summed E-state index contributed by atoms with van der Waals surface area (Å²) in [6.07, 6.45) is 0. The first-order valence-corrected chi connectivity index (χ1v) is 6.94. The average molecular weight is 335 g/mol. The molecular formula is C15H15BrN2O2. The zero-order chi connectivity index (χ0) is 14.7. The summed E-state index contributed by atoms with van der Waals surface area (Å²) in [6, 6.07) is 11.3. The van der Waals surface area contributed by atoms with Crippen LogP contribution in [0.25, 0.3) is 0 Å². The summed E-state index contributed by atoms with van der Waals surface area (Å²) < 4.78 is 1.05. The molecule has 2 rings (SSSR count). The number of aromatic carboxylic acids is 1. The topological polar surface area (TPSA) is 53.4 Å². The fraction of sp³-hybridized carbons (Fsp3) is 0.200. The number of carbonyl (C=O) groups is 1. The van der Waals surface area contributed by atoms with E-state index >= 15 is 0 Å². The van der Waals surface area contributed by atoms with Gasteiger partial charge in [0.15, 0.2) is 0 Å². The van der Waals surface area contributed by atoms with Gasteiger partial charge >= 0.3 is 5.97 Å². The van der Waals surface area contributed by atoms with Gasteiger partial charge in [0, 0.05) is 18.1 Å². The Balaban J connectivity index is 2.22. The highest BCUT2D eigenvalue weighted by atomic mass is 79.9. The van der Waals surface area contributed by atoms with Crippen LogP contribution in [0.5, 0.6) is 0 Å². The van der Waals surface area contributed by atoms with Crippen LogP contribution in [0.4, 0.5) is 5.82 Å². The zero-order valence-corrected chi connectivity index (χ0v) is 12.9. The Bertz CT molecular complexity index is 644. The lowest BCUT2D eigenvalue weighted by Crippen LogP contribution is -2.19. The monoisotopic (exact) mass is 334 g/mol. The van der Waals surface area contributed by atoms with Gasteiger partial charge in [0.2, 0.25) is 0 Å². The van der Waals surface area contributed by atoms with Crippen LogP contribution in [0.3, 0.4) is 0 Å². The fourth-order valence-electron chi connectivity index (χ4n) is 1.95. The Labute approximate surface area is 126 Å². The van der Waals surface area contributed by atoms with E-state index in [1.165, 1.54) is 0 Å². The molecule has 0 fully saturated rings. The van der Waals surface area contributed by atoms with Gasteiger partial charge in [-0.1, -0.05) is 34.1 Å². The number of carboxylic acids is 1. The lowest BCUT2D eigenvalue weighted by Gasteiger charge is -2.19. The van der Waals surface area contributed by atoms with Crippen molar-refractivity contribution in [1.82, 2.24) is 4.98 Å². The Morgan fingerprint density at radius 3 is 2.60 bits per heavy atom. The van der Waals surface area contributed by atoms with Gasteiger partial charge < -0.3 is 10.0 Å². The normalized spacial score (nSPS) is 10.3. The lowest BCUT2D eigenvalue weighted by atomic mass is 10.2. The quantitative estimate of drug-likeness (QED) is 0.929. The predicted molar refractivity (Wildman–Crippen MR) is 82.2 cm³/mol. The molecule has 1 aromatic carbocycles. The molecule has 1 N–H and O–H groups in total. The van der Waals surface area contributed by atoms with Crippen molar-refractivity contribution in [3.63, 3.8) is 0 Å². The molecule has 20 heavy (non-hydrogen) atoms.